The third kappa shape index (κ3) is 3.66. The van der Waals surface area contributed by atoms with Gasteiger partial charge in [-0.2, -0.15) is 0 Å². The van der Waals surface area contributed by atoms with Crippen LogP contribution in [0.2, 0.25) is 0 Å². The molecule has 2 saturated heterocycles. The molecule has 4 nitrogen and oxygen atoms in total. The maximum absolute atomic E-state index is 12.1. The third-order valence-electron chi connectivity index (χ3n) is 4.71. The lowest BCUT2D eigenvalue weighted by molar-refractivity contribution is 0.0155. The number of ether oxygens (including phenoxy) is 1. The first-order valence-corrected chi connectivity index (χ1v) is 7.94. The van der Waals surface area contributed by atoms with E-state index in [2.05, 4.69) is 19.2 Å². The highest BCUT2D eigenvalue weighted by Crippen LogP contribution is 2.36. The third-order valence-corrected chi connectivity index (χ3v) is 4.71. The summed E-state index contributed by atoms with van der Waals surface area (Å²) in [6.45, 7) is 13.1. The zero-order valence-corrected chi connectivity index (χ0v) is 13.7. The molecule has 20 heavy (non-hydrogen) atoms. The first-order chi connectivity index (χ1) is 9.21. The van der Waals surface area contributed by atoms with Crippen LogP contribution in [0, 0.1) is 11.8 Å². The Bertz CT molecular complexity index is 352. The molecule has 2 fully saturated rings. The van der Waals surface area contributed by atoms with Crippen LogP contribution in [0.5, 0.6) is 0 Å². The van der Waals surface area contributed by atoms with Gasteiger partial charge in [0, 0.05) is 18.6 Å². The van der Waals surface area contributed by atoms with Crippen molar-refractivity contribution >= 4 is 6.09 Å². The van der Waals surface area contributed by atoms with Gasteiger partial charge in [-0.15, -0.1) is 0 Å². The van der Waals surface area contributed by atoms with E-state index in [-0.39, 0.29) is 11.6 Å². The number of hydrogen-bond acceptors (Lipinski definition) is 3. The molecule has 1 N–H and O–H groups in total. The highest BCUT2D eigenvalue weighted by molar-refractivity contribution is 5.68. The summed E-state index contributed by atoms with van der Waals surface area (Å²) in [4.78, 5) is 13.9. The summed E-state index contributed by atoms with van der Waals surface area (Å²) < 4.78 is 5.45. The Hall–Kier alpha value is -0.770. The number of piperidine rings is 1. The SMILES string of the molecule is CC(C)C1CNC2(CCN(C(=O)OC(C)(C)C)CC2)C1. The maximum atomic E-state index is 12.1. The lowest BCUT2D eigenvalue weighted by Crippen LogP contribution is -2.52. The summed E-state index contributed by atoms with van der Waals surface area (Å²) in [6, 6.07) is 0. The fourth-order valence-corrected chi connectivity index (χ4v) is 3.29. The van der Waals surface area contributed by atoms with Gasteiger partial charge in [0.1, 0.15) is 5.60 Å². The number of rotatable bonds is 1. The molecular formula is C16H30N2O2. The summed E-state index contributed by atoms with van der Waals surface area (Å²) in [5.74, 6) is 1.52. The lowest BCUT2D eigenvalue weighted by Gasteiger charge is -2.40. The molecule has 2 aliphatic heterocycles. The topological polar surface area (TPSA) is 41.6 Å². The van der Waals surface area contributed by atoms with Crippen LogP contribution >= 0.6 is 0 Å². The predicted molar refractivity (Wildman–Crippen MR) is 80.7 cm³/mol. The number of carbonyl (C=O) groups excluding carboxylic acids is 1. The van der Waals surface area contributed by atoms with E-state index < -0.39 is 5.60 Å². The molecule has 0 aliphatic carbocycles. The summed E-state index contributed by atoms with van der Waals surface area (Å²) in [5.41, 5.74) is -0.131. The molecule has 4 heteroatoms. The van der Waals surface area contributed by atoms with E-state index in [1.807, 2.05) is 25.7 Å². The van der Waals surface area contributed by atoms with Gasteiger partial charge in [-0.25, -0.2) is 4.79 Å². The van der Waals surface area contributed by atoms with Crippen LogP contribution in [-0.4, -0.2) is 41.8 Å². The molecular weight excluding hydrogens is 252 g/mol. The van der Waals surface area contributed by atoms with Crippen molar-refractivity contribution in [3.63, 3.8) is 0 Å². The highest BCUT2D eigenvalue weighted by atomic mass is 16.6. The van der Waals surface area contributed by atoms with E-state index in [0.717, 1.165) is 44.3 Å². The number of amides is 1. The van der Waals surface area contributed by atoms with Crippen molar-refractivity contribution < 1.29 is 9.53 Å². The van der Waals surface area contributed by atoms with Crippen LogP contribution in [0.15, 0.2) is 0 Å². The predicted octanol–water partition coefficient (Wildman–Crippen LogP) is 3.02. The molecule has 0 saturated carbocycles. The van der Waals surface area contributed by atoms with Gasteiger partial charge in [0.15, 0.2) is 0 Å². The van der Waals surface area contributed by atoms with Crippen LogP contribution in [0.3, 0.4) is 0 Å². The second kappa shape index (κ2) is 5.55. The molecule has 0 aromatic heterocycles. The molecule has 2 aliphatic rings. The zero-order valence-electron chi connectivity index (χ0n) is 13.7. The fraction of sp³-hybridized carbons (Fsp3) is 0.938. The average Bonchev–Trinajstić information content (AvgIpc) is 2.72. The zero-order chi connectivity index (χ0) is 15.0. The minimum atomic E-state index is -0.402. The van der Waals surface area contributed by atoms with Crippen molar-refractivity contribution in [2.75, 3.05) is 19.6 Å². The lowest BCUT2D eigenvalue weighted by atomic mass is 9.81. The number of likely N-dealkylation sites (tertiary alicyclic amines) is 1. The van der Waals surface area contributed by atoms with Gasteiger partial charge in [0.25, 0.3) is 0 Å². The summed E-state index contributed by atoms with van der Waals surface area (Å²) in [7, 11) is 0. The smallest absolute Gasteiger partial charge is 0.410 e. The van der Waals surface area contributed by atoms with Gasteiger partial charge in [-0.05, 0) is 58.4 Å². The number of hydrogen-bond donors (Lipinski definition) is 1. The Kier molecular flexibility index (Phi) is 4.33. The van der Waals surface area contributed by atoms with Crippen molar-refractivity contribution in [2.45, 2.75) is 65.0 Å². The second-order valence-electron chi connectivity index (χ2n) is 7.84. The molecule has 2 rings (SSSR count). The van der Waals surface area contributed by atoms with Gasteiger partial charge < -0.3 is 15.0 Å². The molecule has 1 spiro atoms. The Morgan fingerprint density at radius 1 is 1.30 bits per heavy atom. The molecule has 0 aromatic carbocycles. The van der Waals surface area contributed by atoms with Crippen molar-refractivity contribution in [3.05, 3.63) is 0 Å². The van der Waals surface area contributed by atoms with Crippen molar-refractivity contribution in [1.82, 2.24) is 10.2 Å². The number of carbonyl (C=O) groups is 1. The van der Waals surface area contributed by atoms with Gasteiger partial charge in [0.2, 0.25) is 0 Å². The normalized spacial score (nSPS) is 26.3. The van der Waals surface area contributed by atoms with E-state index in [1.165, 1.54) is 6.42 Å². The van der Waals surface area contributed by atoms with Crippen LogP contribution in [0.25, 0.3) is 0 Å². The Morgan fingerprint density at radius 2 is 1.90 bits per heavy atom. The minimum Gasteiger partial charge on any atom is -0.444 e. The Labute approximate surface area is 123 Å². The molecule has 1 unspecified atom stereocenters. The van der Waals surface area contributed by atoms with E-state index in [1.54, 1.807) is 0 Å². The standard InChI is InChI=1S/C16H30N2O2/c1-12(2)13-10-16(17-11-13)6-8-18(9-7-16)14(19)20-15(3,4)5/h12-13,17H,6-11H2,1-5H3. The molecule has 1 amide bonds. The maximum Gasteiger partial charge on any atom is 0.410 e. The van der Waals surface area contributed by atoms with Crippen molar-refractivity contribution in [1.29, 1.82) is 0 Å². The van der Waals surface area contributed by atoms with Crippen molar-refractivity contribution in [3.8, 4) is 0 Å². The van der Waals surface area contributed by atoms with E-state index in [0.29, 0.717) is 0 Å². The van der Waals surface area contributed by atoms with Crippen LogP contribution in [0.4, 0.5) is 4.79 Å². The second-order valence-corrected chi connectivity index (χ2v) is 7.84. The fourth-order valence-electron chi connectivity index (χ4n) is 3.29. The first-order valence-electron chi connectivity index (χ1n) is 7.94. The van der Waals surface area contributed by atoms with Gasteiger partial charge in [-0.3, -0.25) is 0 Å². The van der Waals surface area contributed by atoms with Gasteiger partial charge in [0.05, 0.1) is 0 Å². The Morgan fingerprint density at radius 3 is 2.35 bits per heavy atom. The molecule has 116 valence electrons. The first kappa shape index (κ1) is 15.6. The number of nitrogens with zero attached hydrogens (tertiary/aromatic N) is 1. The molecule has 0 bridgehead atoms. The minimum absolute atomic E-state index is 0.161. The largest absolute Gasteiger partial charge is 0.444 e. The van der Waals surface area contributed by atoms with E-state index in [4.69, 9.17) is 4.74 Å². The van der Waals surface area contributed by atoms with Crippen LogP contribution < -0.4 is 5.32 Å². The molecule has 0 aromatic rings. The van der Waals surface area contributed by atoms with E-state index >= 15 is 0 Å². The van der Waals surface area contributed by atoms with Crippen molar-refractivity contribution in [2.24, 2.45) is 11.8 Å². The van der Waals surface area contributed by atoms with Gasteiger partial charge >= 0.3 is 6.09 Å². The Balaban J connectivity index is 1.85. The molecule has 2 heterocycles. The summed E-state index contributed by atoms with van der Waals surface area (Å²) in [5, 5.41) is 3.73. The number of nitrogens with one attached hydrogen (secondary N) is 1. The van der Waals surface area contributed by atoms with Crippen LogP contribution in [-0.2, 0) is 4.74 Å². The summed E-state index contributed by atoms with van der Waals surface area (Å²) in [6.07, 6.45) is 3.20. The molecule has 0 radical (unpaired) electrons. The monoisotopic (exact) mass is 282 g/mol. The molecule has 1 atom stereocenters. The van der Waals surface area contributed by atoms with Gasteiger partial charge in [-0.1, -0.05) is 13.8 Å². The quantitative estimate of drug-likeness (QED) is 0.804. The average molecular weight is 282 g/mol. The van der Waals surface area contributed by atoms with Crippen LogP contribution in [0.1, 0.15) is 53.9 Å². The summed E-state index contributed by atoms with van der Waals surface area (Å²) >= 11 is 0. The van der Waals surface area contributed by atoms with E-state index in [9.17, 15) is 4.79 Å². The highest BCUT2D eigenvalue weighted by Gasteiger charge is 2.42.